The van der Waals surface area contributed by atoms with Crippen molar-refractivity contribution in [3.63, 3.8) is 0 Å². The monoisotopic (exact) mass is 401 g/mol. The molecular weight excluding hydrogens is 362 g/mol. The van der Waals surface area contributed by atoms with Gasteiger partial charge in [0, 0.05) is 19.6 Å². The zero-order valence-electron chi connectivity index (χ0n) is 18.2. The lowest BCUT2D eigenvalue weighted by molar-refractivity contribution is 0.0617. The highest BCUT2D eigenvalue weighted by atomic mass is 16.5. The number of hydrogen-bond donors (Lipinski definition) is 1. The van der Waals surface area contributed by atoms with E-state index >= 15 is 0 Å². The molecule has 0 radical (unpaired) electrons. The predicted molar refractivity (Wildman–Crippen MR) is 117 cm³/mol. The lowest BCUT2D eigenvalue weighted by Gasteiger charge is -2.37. The first kappa shape index (κ1) is 21.1. The highest BCUT2D eigenvalue weighted by Gasteiger charge is 2.39. The smallest absolute Gasteiger partial charge is 0.119 e. The fourth-order valence-corrected chi connectivity index (χ4v) is 5.30. The van der Waals surface area contributed by atoms with E-state index in [9.17, 15) is 5.11 Å². The van der Waals surface area contributed by atoms with Crippen molar-refractivity contribution in [2.45, 2.75) is 51.2 Å². The summed E-state index contributed by atoms with van der Waals surface area (Å²) in [5, 5.41) is 10.3. The van der Waals surface area contributed by atoms with Gasteiger partial charge in [0.05, 0.1) is 0 Å². The summed E-state index contributed by atoms with van der Waals surface area (Å²) in [6.45, 7) is 9.35. The molecule has 1 N–H and O–H groups in total. The SMILES string of the molecule is CN1CCC2(CC1)CCN(Cc1ccc(OC[C@@H](O)CN3CCCCC3)cc1)C2. The summed E-state index contributed by atoms with van der Waals surface area (Å²) in [6.07, 6.45) is 7.48. The van der Waals surface area contributed by atoms with Gasteiger partial charge in [-0.15, -0.1) is 0 Å². The Morgan fingerprint density at radius 1 is 0.931 bits per heavy atom. The van der Waals surface area contributed by atoms with Crippen molar-refractivity contribution in [1.29, 1.82) is 0 Å². The van der Waals surface area contributed by atoms with Gasteiger partial charge in [-0.1, -0.05) is 18.6 Å². The minimum atomic E-state index is -0.414. The van der Waals surface area contributed by atoms with Crippen LogP contribution in [0, 0.1) is 5.41 Å². The van der Waals surface area contributed by atoms with Crippen molar-refractivity contribution in [3.8, 4) is 5.75 Å². The molecule has 0 unspecified atom stereocenters. The number of piperidine rings is 2. The highest BCUT2D eigenvalue weighted by molar-refractivity contribution is 5.27. The van der Waals surface area contributed by atoms with Gasteiger partial charge in [-0.2, -0.15) is 0 Å². The molecule has 1 aromatic carbocycles. The van der Waals surface area contributed by atoms with E-state index < -0.39 is 6.10 Å². The Morgan fingerprint density at radius 2 is 1.62 bits per heavy atom. The topological polar surface area (TPSA) is 39.2 Å². The summed E-state index contributed by atoms with van der Waals surface area (Å²) in [7, 11) is 2.25. The van der Waals surface area contributed by atoms with Crippen molar-refractivity contribution in [2.75, 3.05) is 59.5 Å². The third kappa shape index (κ3) is 5.94. The fraction of sp³-hybridized carbons (Fsp3) is 0.750. The van der Waals surface area contributed by atoms with Crippen LogP contribution in [0.25, 0.3) is 0 Å². The Labute approximate surface area is 176 Å². The fourth-order valence-electron chi connectivity index (χ4n) is 5.30. The van der Waals surface area contributed by atoms with Gasteiger partial charge < -0.3 is 19.6 Å². The average Bonchev–Trinajstić information content (AvgIpc) is 3.13. The summed E-state index contributed by atoms with van der Waals surface area (Å²) in [5.41, 5.74) is 1.93. The van der Waals surface area contributed by atoms with E-state index in [0.29, 0.717) is 12.0 Å². The number of nitrogens with zero attached hydrogens (tertiary/aromatic N) is 3. The summed E-state index contributed by atoms with van der Waals surface area (Å²) in [6, 6.07) is 8.49. The van der Waals surface area contributed by atoms with Crippen LogP contribution in [-0.2, 0) is 6.54 Å². The Kier molecular flexibility index (Phi) is 7.12. The van der Waals surface area contributed by atoms with Crippen LogP contribution in [-0.4, -0.2) is 85.4 Å². The number of rotatable bonds is 7. The van der Waals surface area contributed by atoms with Gasteiger partial charge in [0.2, 0.25) is 0 Å². The minimum Gasteiger partial charge on any atom is -0.491 e. The third-order valence-electron chi connectivity index (χ3n) is 7.25. The Bertz CT molecular complexity index is 622. The van der Waals surface area contributed by atoms with Crippen LogP contribution in [0.4, 0.5) is 0 Å². The number of aliphatic hydroxyl groups is 1. The third-order valence-corrected chi connectivity index (χ3v) is 7.25. The second-order valence-electron chi connectivity index (χ2n) is 9.73. The molecule has 0 aromatic heterocycles. The molecule has 0 bridgehead atoms. The molecule has 3 fully saturated rings. The zero-order valence-corrected chi connectivity index (χ0v) is 18.2. The van der Waals surface area contributed by atoms with E-state index in [1.165, 1.54) is 70.3 Å². The molecule has 3 aliphatic rings. The van der Waals surface area contributed by atoms with E-state index in [-0.39, 0.29) is 0 Å². The van der Waals surface area contributed by atoms with E-state index in [2.05, 4.69) is 46.0 Å². The average molecular weight is 402 g/mol. The molecule has 0 amide bonds. The molecule has 1 aromatic rings. The first-order valence-electron chi connectivity index (χ1n) is 11.6. The highest BCUT2D eigenvalue weighted by Crippen LogP contribution is 2.40. The van der Waals surface area contributed by atoms with Gasteiger partial charge in [0.1, 0.15) is 18.5 Å². The van der Waals surface area contributed by atoms with Gasteiger partial charge >= 0.3 is 0 Å². The van der Waals surface area contributed by atoms with Crippen LogP contribution < -0.4 is 4.74 Å². The van der Waals surface area contributed by atoms with Crippen molar-refractivity contribution in [2.24, 2.45) is 5.41 Å². The molecular formula is C24H39N3O2. The van der Waals surface area contributed by atoms with Gasteiger partial charge in [0.15, 0.2) is 0 Å². The molecule has 4 rings (SSSR count). The lowest BCUT2D eigenvalue weighted by atomic mass is 9.78. The van der Waals surface area contributed by atoms with Gasteiger partial charge in [-0.25, -0.2) is 0 Å². The molecule has 1 atom stereocenters. The second-order valence-corrected chi connectivity index (χ2v) is 9.73. The van der Waals surface area contributed by atoms with E-state index in [0.717, 1.165) is 31.9 Å². The number of β-amino-alcohol motifs (C(OH)–C–C–N with tert-alkyl or cyclic N) is 1. The number of aliphatic hydroxyl groups excluding tert-OH is 1. The molecule has 0 saturated carbocycles. The largest absolute Gasteiger partial charge is 0.491 e. The number of benzene rings is 1. The molecule has 3 heterocycles. The lowest BCUT2D eigenvalue weighted by Crippen LogP contribution is -2.39. The van der Waals surface area contributed by atoms with Crippen molar-refractivity contribution in [1.82, 2.24) is 14.7 Å². The number of ether oxygens (including phenoxy) is 1. The van der Waals surface area contributed by atoms with E-state index in [1.54, 1.807) is 0 Å². The Hall–Kier alpha value is -1.14. The van der Waals surface area contributed by atoms with Crippen molar-refractivity contribution in [3.05, 3.63) is 29.8 Å². The molecule has 29 heavy (non-hydrogen) atoms. The van der Waals surface area contributed by atoms with E-state index in [4.69, 9.17) is 4.74 Å². The van der Waals surface area contributed by atoms with Crippen LogP contribution >= 0.6 is 0 Å². The minimum absolute atomic E-state index is 0.374. The molecule has 162 valence electrons. The first-order valence-corrected chi connectivity index (χ1v) is 11.6. The first-order chi connectivity index (χ1) is 14.1. The molecule has 5 heteroatoms. The van der Waals surface area contributed by atoms with Crippen LogP contribution in [0.5, 0.6) is 5.75 Å². The quantitative estimate of drug-likeness (QED) is 0.761. The maximum absolute atomic E-state index is 10.3. The molecule has 1 spiro atoms. The number of hydrogen-bond acceptors (Lipinski definition) is 5. The molecule has 3 aliphatic heterocycles. The molecule has 5 nitrogen and oxygen atoms in total. The maximum atomic E-state index is 10.3. The summed E-state index contributed by atoms with van der Waals surface area (Å²) < 4.78 is 5.84. The Balaban J connectivity index is 1.19. The Morgan fingerprint density at radius 3 is 2.34 bits per heavy atom. The van der Waals surface area contributed by atoms with Gasteiger partial charge in [-0.3, -0.25) is 4.90 Å². The summed E-state index contributed by atoms with van der Waals surface area (Å²) >= 11 is 0. The predicted octanol–water partition coefficient (Wildman–Crippen LogP) is 2.83. The summed E-state index contributed by atoms with van der Waals surface area (Å²) in [4.78, 5) is 7.45. The van der Waals surface area contributed by atoms with Gasteiger partial charge in [-0.05, 0) is 95.0 Å². The maximum Gasteiger partial charge on any atom is 0.119 e. The van der Waals surface area contributed by atoms with Crippen LogP contribution in [0.1, 0.15) is 44.1 Å². The van der Waals surface area contributed by atoms with Crippen LogP contribution in [0.3, 0.4) is 0 Å². The normalized spacial score (nSPS) is 24.8. The second kappa shape index (κ2) is 9.78. The van der Waals surface area contributed by atoms with E-state index in [1.807, 2.05) is 0 Å². The van der Waals surface area contributed by atoms with Gasteiger partial charge in [0.25, 0.3) is 0 Å². The molecule has 3 saturated heterocycles. The van der Waals surface area contributed by atoms with Crippen LogP contribution in [0.15, 0.2) is 24.3 Å². The molecule has 0 aliphatic carbocycles. The zero-order chi connectivity index (χ0) is 20.1. The van der Waals surface area contributed by atoms with Crippen LogP contribution in [0.2, 0.25) is 0 Å². The number of likely N-dealkylation sites (tertiary alicyclic amines) is 3. The standard InChI is InChI=1S/C24H39N3O2/c1-25-14-9-24(10-15-25)11-16-27(20-24)17-21-5-7-23(8-6-21)29-19-22(28)18-26-12-3-2-4-13-26/h5-8,22,28H,2-4,9-20H2,1H3/t22-/m0/s1. The van der Waals surface area contributed by atoms with Crippen molar-refractivity contribution < 1.29 is 9.84 Å². The summed E-state index contributed by atoms with van der Waals surface area (Å²) in [5.74, 6) is 0.861. The van der Waals surface area contributed by atoms with Crippen molar-refractivity contribution >= 4 is 0 Å².